The number of aliphatic carboxylic acids is 1. The molecule has 0 aliphatic rings. The number of hydrogen-bond donors (Lipinski definition) is 2. The van der Waals surface area contributed by atoms with Crippen molar-refractivity contribution in [1.82, 2.24) is 0 Å². The zero-order valence-electron chi connectivity index (χ0n) is 9.05. The molecule has 6 nitrogen and oxygen atoms in total. The topological polar surface area (TPSA) is 98.9 Å². The van der Waals surface area contributed by atoms with Crippen molar-refractivity contribution in [1.29, 1.82) is 0 Å². The zero-order valence-corrected chi connectivity index (χ0v) is 9.05. The minimum atomic E-state index is -1.12. The fourth-order valence-electron chi connectivity index (χ4n) is 0.788. The van der Waals surface area contributed by atoms with Crippen molar-refractivity contribution in [3.05, 3.63) is 12.7 Å². The van der Waals surface area contributed by atoms with Gasteiger partial charge in [-0.2, -0.15) is 0 Å². The smallest absolute Gasteiger partial charge is 0.322 e. The summed E-state index contributed by atoms with van der Waals surface area (Å²) in [5.74, 6) is -1.45. The van der Waals surface area contributed by atoms with Crippen LogP contribution in [0.25, 0.3) is 0 Å². The lowest BCUT2D eigenvalue weighted by Gasteiger charge is -2.08. The first-order chi connectivity index (χ1) is 7.57. The van der Waals surface area contributed by atoms with E-state index in [1.165, 1.54) is 0 Å². The van der Waals surface area contributed by atoms with Crippen molar-refractivity contribution in [2.24, 2.45) is 5.73 Å². The van der Waals surface area contributed by atoms with Gasteiger partial charge in [-0.3, -0.25) is 9.59 Å². The molecule has 0 aliphatic heterocycles. The number of ether oxygens (including phenoxy) is 2. The number of nitrogens with two attached hydrogens (primary N) is 1. The first-order valence-electron chi connectivity index (χ1n) is 4.90. The van der Waals surface area contributed by atoms with Crippen molar-refractivity contribution in [3.8, 4) is 0 Å². The molecule has 0 aromatic carbocycles. The highest BCUT2D eigenvalue weighted by molar-refractivity contribution is 5.73. The third kappa shape index (κ3) is 7.95. The fourth-order valence-corrected chi connectivity index (χ4v) is 0.788. The summed E-state index contributed by atoms with van der Waals surface area (Å²) in [4.78, 5) is 21.3. The molecule has 1 atom stereocenters. The highest BCUT2D eigenvalue weighted by atomic mass is 16.6. The van der Waals surface area contributed by atoms with E-state index in [1.54, 1.807) is 6.08 Å². The first kappa shape index (κ1) is 14.6. The summed E-state index contributed by atoms with van der Waals surface area (Å²) in [6.07, 6.45) is 2.49. The van der Waals surface area contributed by atoms with Crippen LogP contribution in [0.5, 0.6) is 0 Å². The van der Waals surface area contributed by atoms with Gasteiger partial charge in [0, 0.05) is 6.42 Å². The van der Waals surface area contributed by atoms with Gasteiger partial charge in [-0.15, -0.1) is 6.58 Å². The minimum Gasteiger partial charge on any atom is -0.480 e. The predicted octanol–water partition coefficient (Wildman–Crippen LogP) is -0.0757. The second-order valence-corrected chi connectivity index (χ2v) is 3.07. The van der Waals surface area contributed by atoms with Gasteiger partial charge in [0.25, 0.3) is 0 Å². The number of carbonyl (C=O) groups excluding carboxylic acids is 1. The average Bonchev–Trinajstić information content (AvgIpc) is 2.25. The second-order valence-electron chi connectivity index (χ2n) is 3.07. The second kappa shape index (κ2) is 8.87. The monoisotopic (exact) mass is 231 g/mol. The SMILES string of the molecule is C=CCCC(=O)OCCOC[C@H](N)C(=O)O. The van der Waals surface area contributed by atoms with Crippen molar-refractivity contribution < 1.29 is 24.2 Å². The van der Waals surface area contributed by atoms with Crippen LogP contribution in [0.3, 0.4) is 0 Å². The molecule has 16 heavy (non-hydrogen) atoms. The van der Waals surface area contributed by atoms with Gasteiger partial charge >= 0.3 is 11.9 Å². The molecule has 0 heterocycles. The number of carboxylic acid groups (broad SMARTS) is 1. The Morgan fingerprint density at radius 1 is 1.44 bits per heavy atom. The number of hydrogen-bond acceptors (Lipinski definition) is 5. The van der Waals surface area contributed by atoms with Crippen molar-refractivity contribution >= 4 is 11.9 Å². The van der Waals surface area contributed by atoms with Crippen molar-refractivity contribution in [3.63, 3.8) is 0 Å². The summed E-state index contributed by atoms with van der Waals surface area (Å²) in [7, 11) is 0. The molecule has 6 heteroatoms. The first-order valence-corrected chi connectivity index (χ1v) is 4.90. The van der Waals surface area contributed by atoms with Gasteiger partial charge in [0.05, 0.1) is 13.2 Å². The molecular formula is C10H17NO5. The van der Waals surface area contributed by atoms with Crippen LogP contribution >= 0.6 is 0 Å². The molecule has 0 unspecified atom stereocenters. The maximum absolute atomic E-state index is 11.0. The Morgan fingerprint density at radius 3 is 2.69 bits per heavy atom. The van der Waals surface area contributed by atoms with Gasteiger partial charge in [0.1, 0.15) is 12.6 Å². The summed E-state index contributed by atoms with van der Waals surface area (Å²) in [5, 5.41) is 8.42. The van der Waals surface area contributed by atoms with E-state index in [-0.39, 0.29) is 32.2 Å². The standard InChI is InChI=1S/C10H17NO5/c1-2-3-4-9(12)16-6-5-15-7-8(11)10(13)14/h2,8H,1,3-7,11H2,(H,13,14)/t8-/m0/s1. The van der Waals surface area contributed by atoms with Gasteiger partial charge in [-0.05, 0) is 6.42 Å². The van der Waals surface area contributed by atoms with Gasteiger partial charge < -0.3 is 20.3 Å². The van der Waals surface area contributed by atoms with Crippen LogP contribution in [0.15, 0.2) is 12.7 Å². The van der Waals surface area contributed by atoms with Crippen LogP contribution in [0.1, 0.15) is 12.8 Å². The van der Waals surface area contributed by atoms with Gasteiger partial charge in [-0.25, -0.2) is 0 Å². The van der Waals surface area contributed by atoms with E-state index in [2.05, 4.69) is 6.58 Å². The maximum Gasteiger partial charge on any atom is 0.322 e. The number of carbonyl (C=O) groups is 2. The van der Waals surface area contributed by atoms with Gasteiger partial charge in [0.15, 0.2) is 0 Å². The third-order valence-electron chi connectivity index (χ3n) is 1.66. The number of rotatable bonds is 9. The molecule has 0 radical (unpaired) electrons. The lowest BCUT2D eigenvalue weighted by Crippen LogP contribution is -2.35. The molecule has 0 aromatic heterocycles. The van der Waals surface area contributed by atoms with Crippen LogP contribution in [0, 0.1) is 0 Å². The molecule has 3 N–H and O–H groups in total. The Balaban J connectivity index is 3.36. The lowest BCUT2D eigenvalue weighted by atomic mass is 10.3. The molecule has 0 fully saturated rings. The van der Waals surface area contributed by atoms with E-state index in [9.17, 15) is 9.59 Å². The highest BCUT2D eigenvalue weighted by Crippen LogP contribution is 1.93. The number of allylic oxidation sites excluding steroid dienone is 1. The Labute approximate surface area is 94.0 Å². The molecule has 0 aliphatic carbocycles. The largest absolute Gasteiger partial charge is 0.480 e. The highest BCUT2D eigenvalue weighted by Gasteiger charge is 2.10. The predicted molar refractivity (Wildman–Crippen MR) is 56.8 cm³/mol. The minimum absolute atomic E-state index is 0.0977. The summed E-state index contributed by atoms with van der Waals surface area (Å²) < 4.78 is 9.69. The summed E-state index contributed by atoms with van der Waals surface area (Å²) in [5.41, 5.74) is 5.18. The van der Waals surface area contributed by atoms with Crippen LogP contribution < -0.4 is 5.73 Å². The van der Waals surface area contributed by atoms with Crippen molar-refractivity contribution in [2.75, 3.05) is 19.8 Å². The van der Waals surface area contributed by atoms with E-state index in [0.717, 1.165) is 0 Å². The van der Waals surface area contributed by atoms with Crippen molar-refractivity contribution in [2.45, 2.75) is 18.9 Å². The fraction of sp³-hybridized carbons (Fsp3) is 0.600. The summed E-state index contributed by atoms with van der Waals surface area (Å²) >= 11 is 0. The normalized spacial score (nSPS) is 11.8. The third-order valence-corrected chi connectivity index (χ3v) is 1.66. The molecule has 0 bridgehead atoms. The lowest BCUT2D eigenvalue weighted by molar-refractivity contribution is -0.146. The Hall–Kier alpha value is -1.40. The summed E-state index contributed by atoms with van der Waals surface area (Å²) in [6, 6.07) is -1.04. The number of esters is 1. The molecule has 92 valence electrons. The molecule has 0 aromatic rings. The Morgan fingerprint density at radius 2 is 2.12 bits per heavy atom. The van der Waals surface area contributed by atoms with E-state index in [4.69, 9.17) is 20.3 Å². The molecule has 0 spiro atoms. The van der Waals surface area contributed by atoms with Crippen LogP contribution in [0.2, 0.25) is 0 Å². The molecule has 0 saturated carbocycles. The Bertz CT molecular complexity index is 241. The van der Waals surface area contributed by atoms with Gasteiger partial charge in [0.2, 0.25) is 0 Å². The average molecular weight is 231 g/mol. The maximum atomic E-state index is 11.0. The van der Waals surface area contributed by atoms with E-state index < -0.39 is 12.0 Å². The number of carboxylic acids is 1. The molecule has 0 amide bonds. The molecular weight excluding hydrogens is 214 g/mol. The van der Waals surface area contributed by atoms with Crippen LogP contribution in [-0.2, 0) is 19.1 Å². The van der Waals surface area contributed by atoms with E-state index in [0.29, 0.717) is 6.42 Å². The molecule has 0 rings (SSSR count). The summed E-state index contributed by atoms with van der Waals surface area (Å²) in [6.45, 7) is 3.62. The van der Waals surface area contributed by atoms with Crippen LogP contribution in [-0.4, -0.2) is 42.9 Å². The molecule has 0 saturated heterocycles. The van der Waals surface area contributed by atoms with Crippen LogP contribution in [0.4, 0.5) is 0 Å². The van der Waals surface area contributed by atoms with Gasteiger partial charge in [-0.1, -0.05) is 6.08 Å². The Kier molecular flexibility index (Phi) is 8.10. The zero-order chi connectivity index (χ0) is 12.4. The quantitative estimate of drug-likeness (QED) is 0.327. The van der Waals surface area contributed by atoms with E-state index in [1.807, 2.05) is 0 Å². The van der Waals surface area contributed by atoms with E-state index >= 15 is 0 Å².